The zero-order valence-electron chi connectivity index (χ0n) is 12.0. The molecular formula is C13H19N3O4. The van der Waals surface area contributed by atoms with Crippen LogP contribution >= 0.6 is 0 Å². The highest BCUT2D eigenvalue weighted by molar-refractivity contribution is 5.81. The molecule has 0 bridgehead atoms. The minimum Gasteiger partial charge on any atom is -0.467 e. The maximum Gasteiger partial charge on any atom is 0.408 e. The summed E-state index contributed by atoms with van der Waals surface area (Å²) in [7, 11) is 1.25. The number of aromatic nitrogens is 2. The van der Waals surface area contributed by atoms with Gasteiger partial charge in [0.15, 0.2) is 0 Å². The Hall–Kier alpha value is -2.18. The molecule has 0 saturated heterocycles. The molecule has 0 aromatic carbocycles. The van der Waals surface area contributed by atoms with Crippen LogP contribution in [-0.4, -0.2) is 41.0 Å². The smallest absolute Gasteiger partial charge is 0.408 e. The standard InChI is InChI=1S/C13H19N3O4/c1-13(2,3)20-12(18)15-10(11(17)19-4)8-9-6-5-7-14-16-9/h5-7,10H,8H2,1-4H3,(H,15,18). The molecule has 1 aromatic heterocycles. The van der Waals surface area contributed by atoms with Crippen molar-refractivity contribution >= 4 is 12.1 Å². The molecule has 7 nitrogen and oxygen atoms in total. The fraction of sp³-hybridized carbons (Fsp3) is 0.538. The monoisotopic (exact) mass is 281 g/mol. The number of carbonyl (C=O) groups excluding carboxylic acids is 2. The van der Waals surface area contributed by atoms with Gasteiger partial charge in [0.05, 0.1) is 12.8 Å². The van der Waals surface area contributed by atoms with Crippen LogP contribution in [0.4, 0.5) is 4.79 Å². The molecule has 0 spiro atoms. The molecule has 1 unspecified atom stereocenters. The number of esters is 1. The summed E-state index contributed by atoms with van der Waals surface area (Å²) >= 11 is 0. The number of hydrogen-bond acceptors (Lipinski definition) is 6. The molecule has 0 saturated carbocycles. The van der Waals surface area contributed by atoms with Gasteiger partial charge in [-0.3, -0.25) is 0 Å². The van der Waals surface area contributed by atoms with E-state index in [1.54, 1.807) is 32.9 Å². The predicted molar refractivity (Wildman–Crippen MR) is 70.9 cm³/mol. The summed E-state index contributed by atoms with van der Waals surface area (Å²) in [6.45, 7) is 5.22. The highest BCUT2D eigenvalue weighted by Gasteiger charge is 2.25. The van der Waals surface area contributed by atoms with Crippen LogP contribution in [0.15, 0.2) is 18.3 Å². The topological polar surface area (TPSA) is 90.4 Å². The lowest BCUT2D eigenvalue weighted by Crippen LogP contribution is -2.45. The minimum atomic E-state index is -0.869. The molecule has 0 aliphatic heterocycles. The molecule has 0 radical (unpaired) electrons. The minimum absolute atomic E-state index is 0.180. The SMILES string of the molecule is COC(=O)C(Cc1cccnn1)NC(=O)OC(C)(C)C. The lowest BCUT2D eigenvalue weighted by Gasteiger charge is -2.22. The van der Waals surface area contributed by atoms with E-state index in [1.807, 2.05) is 0 Å². The summed E-state index contributed by atoms with van der Waals surface area (Å²) in [4.78, 5) is 23.4. The number of carbonyl (C=O) groups is 2. The van der Waals surface area contributed by atoms with Gasteiger partial charge in [-0.2, -0.15) is 10.2 Å². The van der Waals surface area contributed by atoms with Crippen molar-refractivity contribution in [3.05, 3.63) is 24.0 Å². The quantitative estimate of drug-likeness (QED) is 0.831. The highest BCUT2D eigenvalue weighted by Crippen LogP contribution is 2.08. The maximum absolute atomic E-state index is 11.7. The second kappa shape index (κ2) is 6.83. The molecule has 1 heterocycles. The number of nitrogens with zero attached hydrogens (tertiary/aromatic N) is 2. The molecule has 1 aromatic rings. The van der Waals surface area contributed by atoms with Crippen LogP contribution in [0.2, 0.25) is 0 Å². The zero-order valence-corrected chi connectivity index (χ0v) is 12.0. The molecule has 1 amide bonds. The number of alkyl carbamates (subject to hydrolysis) is 1. The van der Waals surface area contributed by atoms with E-state index in [0.29, 0.717) is 5.69 Å². The molecule has 1 rings (SSSR count). The molecule has 0 fully saturated rings. The summed E-state index contributed by atoms with van der Waals surface area (Å²) in [5.74, 6) is -0.568. The summed E-state index contributed by atoms with van der Waals surface area (Å²) in [5.41, 5.74) is -0.0731. The number of ether oxygens (including phenoxy) is 2. The first-order valence-corrected chi connectivity index (χ1v) is 6.16. The fourth-order valence-corrected chi connectivity index (χ4v) is 1.44. The Labute approximate surface area is 117 Å². The van der Waals surface area contributed by atoms with Crippen LogP contribution in [0.5, 0.6) is 0 Å². The lowest BCUT2D eigenvalue weighted by atomic mass is 10.1. The van der Waals surface area contributed by atoms with Crippen molar-refractivity contribution < 1.29 is 19.1 Å². The third-order valence-corrected chi connectivity index (χ3v) is 2.22. The van der Waals surface area contributed by atoms with Crippen LogP contribution in [-0.2, 0) is 20.7 Å². The van der Waals surface area contributed by atoms with Crippen molar-refractivity contribution in [2.75, 3.05) is 7.11 Å². The van der Waals surface area contributed by atoms with Gasteiger partial charge in [0.1, 0.15) is 11.6 Å². The second-order valence-corrected chi connectivity index (χ2v) is 5.14. The van der Waals surface area contributed by atoms with Gasteiger partial charge in [0, 0.05) is 12.6 Å². The van der Waals surface area contributed by atoms with E-state index in [-0.39, 0.29) is 6.42 Å². The fourth-order valence-electron chi connectivity index (χ4n) is 1.44. The molecular weight excluding hydrogens is 262 g/mol. The number of nitrogens with one attached hydrogen (secondary N) is 1. The van der Waals surface area contributed by atoms with E-state index < -0.39 is 23.7 Å². The van der Waals surface area contributed by atoms with Crippen molar-refractivity contribution in [1.82, 2.24) is 15.5 Å². The van der Waals surface area contributed by atoms with E-state index in [0.717, 1.165) is 0 Å². The second-order valence-electron chi connectivity index (χ2n) is 5.14. The zero-order chi connectivity index (χ0) is 15.2. The Morgan fingerprint density at radius 2 is 2.10 bits per heavy atom. The van der Waals surface area contributed by atoms with Crippen molar-refractivity contribution in [3.63, 3.8) is 0 Å². The van der Waals surface area contributed by atoms with Gasteiger partial charge >= 0.3 is 12.1 Å². The van der Waals surface area contributed by atoms with Gasteiger partial charge < -0.3 is 14.8 Å². The first-order chi connectivity index (χ1) is 9.31. The van der Waals surface area contributed by atoms with Crippen LogP contribution in [0.25, 0.3) is 0 Å². The first kappa shape index (κ1) is 15.9. The molecule has 1 atom stereocenters. The first-order valence-electron chi connectivity index (χ1n) is 6.16. The number of amides is 1. The van der Waals surface area contributed by atoms with Gasteiger partial charge in [-0.05, 0) is 32.9 Å². The Bertz CT molecular complexity index is 456. The maximum atomic E-state index is 11.7. The Morgan fingerprint density at radius 1 is 1.40 bits per heavy atom. The van der Waals surface area contributed by atoms with Crippen LogP contribution in [0.1, 0.15) is 26.5 Å². The van der Waals surface area contributed by atoms with Crippen LogP contribution in [0.3, 0.4) is 0 Å². The van der Waals surface area contributed by atoms with Crippen molar-refractivity contribution in [2.24, 2.45) is 0 Å². The van der Waals surface area contributed by atoms with Gasteiger partial charge in [0.2, 0.25) is 0 Å². The van der Waals surface area contributed by atoms with E-state index in [4.69, 9.17) is 4.74 Å². The highest BCUT2D eigenvalue weighted by atomic mass is 16.6. The van der Waals surface area contributed by atoms with Gasteiger partial charge in [-0.25, -0.2) is 9.59 Å². The van der Waals surface area contributed by atoms with Crippen LogP contribution < -0.4 is 5.32 Å². The van der Waals surface area contributed by atoms with Crippen molar-refractivity contribution in [2.45, 2.75) is 38.8 Å². The number of hydrogen-bond donors (Lipinski definition) is 1. The van der Waals surface area contributed by atoms with E-state index in [1.165, 1.54) is 13.3 Å². The van der Waals surface area contributed by atoms with Gasteiger partial charge in [0.25, 0.3) is 0 Å². The third-order valence-electron chi connectivity index (χ3n) is 2.22. The van der Waals surface area contributed by atoms with Crippen molar-refractivity contribution in [3.8, 4) is 0 Å². The van der Waals surface area contributed by atoms with Crippen molar-refractivity contribution in [1.29, 1.82) is 0 Å². The molecule has 110 valence electrons. The van der Waals surface area contributed by atoms with E-state index in [2.05, 4.69) is 20.3 Å². The largest absolute Gasteiger partial charge is 0.467 e. The Balaban J connectivity index is 2.70. The van der Waals surface area contributed by atoms with E-state index >= 15 is 0 Å². The molecule has 0 aliphatic carbocycles. The summed E-state index contributed by atoms with van der Waals surface area (Å²) < 4.78 is 9.76. The number of rotatable bonds is 4. The molecule has 0 aliphatic rings. The average Bonchev–Trinajstić information content (AvgIpc) is 2.36. The van der Waals surface area contributed by atoms with Crippen LogP contribution in [0, 0.1) is 0 Å². The predicted octanol–water partition coefficient (Wildman–Crippen LogP) is 1.09. The average molecular weight is 281 g/mol. The summed E-state index contributed by atoms with van der Waals surface area (Å²) in [5, 5.41) is 10.1. The van der Waals surface area contributed by atoms with E-state index in [9.17, 15) is 9.59 Å². The third kappa shape index (κ3) is 5.64. The Kier molecular flexibility index (Phi) is 5.42. The number of methoxy groups -OCH3 is 1. The molecule has 7 heteroatoms. The van der Waals surface area contributed by atoms with Gasteiger partial charge in [-0.1, -0.05) is 0 Å². The lowest BCUT2D eigenvalue weighted by molar-refractivity contribution is -0.143. The Morgan fingerprint density at radius 3 is 2.60 bits per heavy atom. The normalized spacial score (nSPS) is 12.4. The molecule has 20 heavy (non-hydrogen) atoms. The summed E-state index contributed by atoms with van der Waals surface area (Å²) in [6, 6.07) is 2.54. The molecule has 1 N–H and O–H groups in total. The van der Waals surface area contributed by atoms with Gasteiger partial charge in [-0.15, -0.1) is 0 Å². The summed E-state index contributed by atoms with van der Waals surface area (Å²) in [6.07, 6.45) is 1.02.